The molecule has 4 heteroatoms. The van der Waals surface area contributed by atoms with Gasteiger partial charge in [0.2, 0.25) is 0 Å². The molecule has 0 bridgehead atoms. The monoisotopic (exact) mass is 313 g/mol. The number of ether oxygens (including phenoxy) is 1. The third-order valence-electron chi connectivity index (χ3n) is 4.45. The van der Waals surface area contributed by atoms with Gasteiger partial charge in [0.05, 0.1) is 12.3 Å². The third kappa shape index (κ3) is 2.85. The molecule has 23 heavy (non-hydrogen) atoms. The number of aryl methyl sites for hydroxylation is 1. The highest BCUT2D eigenvalue weighted by Crippen LogP contribution is 2.36. The zero-order valence-electron chi connectivity index (χ0n) is 13.8. The summed E-state index contributed by atoms with van der Waals surface area (Å²) in [5.41, 5.74) is 3.77. The Morgan fingerprint density at radius 1 is 1.26 bits per heavy atom. The van der Waals surface area contributed by atoms with Gasteiger partial charge in [-0.05, 0) is 43.0 Å². The molecule has 3 rings (SSSR count). The molecule has 2 aromatic rings. The van der Waals surface area contributed by atoms with Crippen LogP contribution in [0, 0.1) is 0 Å². The second-order valence-corrected chi connectivity index (χ2v) is 5.97. The van der Waals surface area contributed by atoms with E-state index >= 15 is 0 Å². The van der Waals surface area contributed by atoms with E-state index in [1.165, 1.54) is 11.6 Å². The summed E-state index contributed by atoms with van der Waals surface area (Å²) in [5, 5.41) is 10.1. The summed E-state index contributed by atoms with van der Waals surface area (Å²) in [4.78, 5) is 12.2. The maximum atomic E-state index is 12.2. The van der Waals surface area contributed by atoms with Crippen LogP contribution in [0.3, 0.4) is 0 Å². The fraction of sp³-hybridized carbons (Fsp3) is 0.421. The van der Waals surface area contributed by atoms with Gasteiger partial charge in [-0.15, -0.1) is 0 Å². The first kappa shape index (κ1) is 15.7. The lowest BCUT2D eigenvalue weighted by molar-refractivity contribution is 0.309. The molecule has 0 spiro atoms. The number of nitrogens with zero attached hydrogens (tertiary/aromatic N) is 1. The Morgan fingerprint density at radius 2 is 2.09 bits per heavy atom. The number of rotatable bonds is 5. The minimum atomic E-state index is -0.136. The Morgan fingerprint density at radius 3 is 2.83 bits per heavy atom. The number of fused-ring (bicyclic) bond motifs is 3. The number of pyridine rings is 1. The molecule has 0 aliphatic carbocycles. The van der Waals surface area contributed by atoms with Gasteiger partial charge in [-0.3, -0.25) is 4.79 Å². The summed E-state index contributed by atoms with van der Waals surface area (Å²) in [7, 11) is 0. The average molecular weight is 313 g/mol. The van der Waals surface area contributed by atoms with Crippen molar-refractivity contribution in [2.24, 2.45) is 0 Å². The summed E-state index contributed by atoms with van der Waals surface area (Å²) < 4.78 is 7.56. The van der Waals surface area contributed by atoms with E-state index in [0.29, 0.717) is 13.0 Å². The highest BCUT2D eigenvalue weighted by molar-refractivity contribution is 5.72. The van der Waals surface area contributed by atoms with Gasteiger partial charge in [0.1, 0.15) is 11.5 Å². The number of unbranched alkanes of at least 4 members (excludes halogenated alkanes) is 1. The van der Waals surface area contributed by atoms with Crippen LogP contribution in [0.5, 0.6) is 11.5 Å². The van der Waals surface area contributed by atoms with Crippen molar-refractivity contribution in [3.05, 3.63) is 45.7 Å². The average Bonchev–Trinajstić information content (AvgIpc) is 2.55. The lowest BCUT2D eigenvalue weighted by atomic mass is 9.93. The zero-order valence-corrected chi connectivity index (χ0v) is 13.8. The van der Waals surface area contributed by atoms with Gasteiger partial charge in [-0.25, -0.2) is 0 Å². The van der Waals surface area contributed by atoms with E-state index in [0.717, 1.165) is 48.4 Å². The molecule has 2 heterocycles. The molecule has 0 atom stereocenters. The van der Waals surface area contributed by atoms with E-state index < -0.39 is 0 Å². The van der Waals surface area contributed by atoms with Crippen LogP contribution in [0.1, 0.15) is 37.8 Å². The second-order valence-electron chi connectivity index (χ2n) is 5.97. The number of aromatic hydroxyl groups is 1. The molecular formula is C19H23NO3. The van der Waals surface area contributed by atoms with E-state index in [2.05, 4.69) is 13.0 Å². The lowest BCUT2D eigenvalue weighted by Gasteiger charge is -2.25. The van der Waals surface area contributed by atoms with Crippen molar-refractivity contribution in [3.63, 3.8) is 0 Å². The quantitative estimate of drug-likeness (QED) is 0.859. The third-order valence-corrected chi connectivity index (χ3v) is 4.45. The summed E-state index contributed by atoms with van der Waals surface area (Å²) in [5.74, 6) is 0.978. The number of aromatic nitrogens is 1. The van der Waals surface area contributed by atoms with E-state index in [4.69, 9.17) is 4.74 Å². The van der Waals surface area contributed by atoms with Crippen LogP contribution >= 0.6 is 0 Å². The molecule has 1 aliphatic rings. The Hall–Kier alpha value is -2.23. The van der Waals surface area contributed by atoms with Crippen LogP contribution in [0.2, 0.25) is 0 Å². The smallest absolute Gasteiger partial charge is 0.254 e. The molecule has 4 nitrogen and oxygen atoms in total. The largest absolute Gasteiger partial charge is 0.507 e. The standard InChI is InChI=1S/C19H23NO3/c1-3-5-10-23-14-6-7-16-13(11-14)8-9-20-18(22)12-17(21)15(4-2)19(16)20/h6-7,11-12,21H,3-5,8-10H2,1-2H3. The molecule has 0 unspecified atom stereocenters. The van der Waals surface area contributed by atoms with Crippen LogP contribution in [0.25, 0.3) is 11.3 Å². The van der Waals surface area contributed by atoms with Gasteiger partial charge in [-0.2, -0.15) is 0 Å². The predicted octanol–water partition coefficient (Wildman–Crippen LogP) is 3.52. The van der Waals surface area contributed by atoms with Gasteiger partial charge in [0.15, 0.2) is 0 Å². The van der Waals surface area contributed by atoms with E-state index in [-0.39, 0.29) is 11.3 Å². The maximum Gasteiger partial charge on any atom is 0.254 e. The van der Waals surface area contributed by atoms with Crippen LogP contribution in [0.15, 0.2) is 29.1 Å². The van der Waals surface area contributed by atoms with Crippen molar-refractivity contribution in [2.75, 3.05) is 6.61 Å². The first-order valence-electron chi connectivity index (χ1n) is 8.37. The van der Waals surface area contributed by atoms with Crippen molar-refractivity contribution in [2.45, 2.75) is 46.1 Å². The predicted molar refractivity (Wildman–Crippen MR) is 91.3 cm³/mol. The highest BCUT2D eigenvalue weighted by Gasteiger charge is 2.22. The summed E-state index contributed by atoms with van der Waals surface area (Å²) >= 11 is 0. The van der Waals surface area contributed by atoms with Crippen molar-refractivity contribution in [1.82, 2.24) is 4.57 Å². The molecule has 1 aromatic heterocycles. The number of benzene rings is 1. The zero-order chi connectivity index (χ0) is 16.4. The van der Waals surface area contributed by atoms with Gasteiger partial charge in [0.25, 0.3) is 5.56 Å². The van der Waals surface area contributed by atoms with Gasteiger partial charge >= 0.3 is 0 Å². The summed E-state index contributed by atoms with van der Waals surface area (Å²) in [6, 6.07) is 7.37. The van der Waals surface area contributed by atoms with Crippen LogP contribution in [-0.2, 0) is 19.4 Å². The van der Waals surface area contributed by atoms with Crippen molar-refractivity contribution < 1.29 is 9.84 Å². The summed E-state index contributed by atoms with van der Waals surface area (Å²) in [6.07, 6.45) is 3.65. The normalized spacial score (nSPS) is 12.6. The van der Waals surface area contributed by atoms with Gasteiger partial charge < -0.3 is 14.4 Å². The fourth-order valence-electron chi connectivity index (χ4n) is 3.22. The van der Waals surface area contributed by atoms with E-state index in [1.807, 2.05) is 19.1 Å². The Balaban J connectivity index is 2.05. The molecular weight excluding hydrogens is 290 g/mol. The molecule has 0 radical (unpaired) electrons. The van der Waals surface area contributed by atoms with Crippen LogP contribution < -0.4 is 10.3 Å². The maximum absolute atomic E-state index is 12.2. The molecule has 0 saturated heterocycles. The molecule has 1 aromatic carbocycles. The van der Waals surface area contributed by atoms with Gasteiger partial charge in [0, 0.05) is 23.7 Å². The van der Waals surface area contributed by atoms with Crippen LogP contribution in [-0.4, -0.2) is 16.3 Å². The minimum absolute atomic E-state index is 0.0971. The Labute approximate surface area is 136 Å². The first-order chi connectivity index (χ1) is 11.2. The molecule has 1 N–H and O–H groups in total. The molecule has 122 valence electrons. The van der Waals surface area contributed by atoms with Crippen molar-refractivity contribution in [3.8, 4) is 22.8 Å². The Bertz CT molecular complexity index is 777. The van der Waals surface area contributed by atoms with Crippen molar-refractivity contribution in [1.29, 1.82) is 0 Å². The molecule has 0 saturated carbocycles. The molecule has 0 amide bonds. The SMILES string of the molecule is CCCCOc1ccc2c(c1)CCn1c-2c(CC)c(O)cc1=O. The Kier molecular flexibility index (Phi) is 4.42. The fourth-order valence-corrected chi connectivity index (χ4v) is 3.22. The second kappa shape index (κ2) is 6.49. The number of hydrogen-bond donors (Lipinski definition) is 1. The molecule has 1 aliphatic heterocycles. The number of hydrogen-bond acceptors (Lipinski definition) is 3. The van der Waals surface area contributed by atoms with E-state index in [1.54, 1.807) is 4.57 Å². The van der Waals surface area contributed by atoms with Crippen LogP contribution in [0.4, 0.5) is 0 Å². The topological polar surface area (TPSA) is 51.5 Å². The summed E-state index contributed by atoms with van der Waals surface area (Å²) in [6.45, 7) is 5.51. The first-order valence-corrected chi connectivity index (χ1v) is 8.37. The van der Waals surface area contributed by atoms with Crippen molar-refractivity contribution >= 4 is 0 Å². The van der Waals surface area contributed by atoms with E-state index in [9.17, 15) is 9.90 Å². The molecule has 0 fully saturated rings. The lowest BCUT2D eigenvalue weighted by Crippen LogP contribution is -2.26. The minimum Gasteiger partial charge on any atom is -0.507 e. The highest BCUT2D eigenvalue weighted by atomic mass is 16.5. The van der Waals surface area contributed by atoms with Gasteiger partial charge in [-0.1, -0.05) is 20.3 Å².